The Labute approximate surface area is 128 Å². The number of urea groups is 1. The van der Waals surface area contributed by atoms with Crippen LogP contribution in [0.5, 0.6) is 5.75 Å². The minimum atomic E-state index is -0.0169. The summed E-state index contributed by atoms with van der Waals surface area (Å²) in [6.45, 7) is 1.29. The van der Waals surface area contributed by atoms with Crippen molar-refractivity contribution >= 4 is 17.4 Å². The highest BCUT2D eigenvalue weighted by Gasteiger charge is 2.29. The van der Waals surface area contributed by atoms with E-state index in [-0.39, 0.29) is 17.8 Å². The fraction of sp³-hybridized carbons (Fsp3) is 0.312. The zero-order valence-electron chi connectivity index (χ0n) is 11.7. The van der Waals surface area contributed by atoms with Crippen LogP contribution in [0.3, 0.4) is 0 Å². The molecule has 5 heteroatoms. The maximum Gasteiger partial charge on any atom is 0.318 e. The molecular formula is C16H18N2O2S. The largest absolute Gasteiger partial charge is 0.508 e. The first-order valence-corrected chi connectivity index (χ1v) is 8.03. The Morgan fingerprint density at radius 2 is 2.14 bits per heavy atom. The predicted octanol–water partition coefficient (Wildman–Crippen LogP) is 3.50. The number of thiophene rings is 1. The number of phenols is 1. The van der Waals surface area contributed by atoms with Crippen molar-refractivity contribution in [2.24, 2.45) is 0 Å². The van der Waals surface area contributed by atoms with Crippen LogP contribution in [0.4, 0.5) is 4.79 Å². The minimum absolute atomic E-state index is 0.0169. The Morgan fingerprint density at radius 3 is 2.86 bits per heavy atom. The number of carbonyl (C=O) groups excluding carboxylic acids is 1. The zero-order chi connectivity index (χ0) is 14.7. The van der Waals surface area contributed by atoms with Gasteiger partial charge < -0.3 is 15.3 Å². The number of carbonyl (C=O) groups is 1. The number of rotatable bonds is 3. The third-order valence-electron chi connectivity index (χ3n) is 3.82. The Bertz CT molecular complexity index is 595. The van der Waals surface area contributed by atoms with Crippen molar-refractivity contribution in [3.8, 4) is 5.75 Å². The smallest absolute Gasteiger partial charge is 0.318 e. The molecule has 1 aliphatic heterocycles. The minimum Gasteiger partial charge on any atom is -0.508 e. The van der Waals surface area contributed by atoms with E-state index in [0.29, 0.717) is 6.54 Å². The van der Waals surface area contributed by atoms with Gasteiger partial charge in [0.15, 0.2) is 0 Å². The van der Waals surface area contributed by atoms with Crippen molar-refractivity contribution in [2.45, 2.75) is 25.4 Å². The number of hydrogen-bond donors (Lipinski definition) is 2. The van der Waals surface area contributed by atoms with Crippen LogP contribution >= 0.6 is 11.3 Å². The molecule has 1 aromatic heterocycles. The van der Waals surface area contributed by atoms with Crippen LogP contribution in [0, 0.1) is 0 Å². The van der Waals surface area contributed by atoms with Crippen LogP contribution in [-0.4, -0.2) is 22.6 Å². The van der Waals surface area contributed by atoms with Crippen LogP contribution in [0.1, 0.15) is 30.0 Å². The van der Waals surface area contributed by atoms with E-state index in [0.717, 1.165) is 24.9 Å². The topological polar surface area (TPSA) is 52.6 Å². The molecule has 1 fully saturated rings. The highest BCUT2D eigenvalue weighted by Crippen LogP contribution is 2.32. The average molecular weight is 302 g/mol. The van der Waals surface area contributed by atoms with Gasteiger partial charge in [0.2, 0.25) is 0 Å². The zero-order valence-corrected chi connectivity index (χ0v) is 12.5. The number of nitrogens with one attached hydrogen (secondary N) is 1. The first-order valence-electron chi connectivity index (χ1n) is 7.08. The summed E-state index contributed by atoms with van der Waals surface area (Å²) in [4.78, 5) is 14.3. The van der Waals surface area contributed by atoms with Gasteiger partial charge in [-0.05, 0) is 52.9 Å². The molecule has 2 amide bonds. The summed E-state index contributed by atoms with van der Waals surface area (Å²) in [6.07, 6.45) is 2.08. The summed E-state index contributed by atoms with van der Waals surface area (Å²) in [5.74, 6) is 0.238. The van der Waals surface area contributed by atoms with Crippen LogP contribution < -0.4 is 5.32 Å². The van der Waals surface area contributed by atoms with E-state index < -0.39 is 0 Å². The van der Waals surface area contributed by atoms with E-state index >= 15 is 0 Å². The molecule has 21 heavy (non-hydrogen) atoms. The number of likely N-dealkylation sites (tertiary alicyclic amines) is 1. The third kappa shape index (κ3) is 3.19. The lowest BCUT2D eigenvalue weighted by molar-refractivity contribution is 0.192. The van der Waals surface area contributed by atoms with Gasteiger partial charge in [0.25, 0.3) is 0 Å². The Balaban J connectivity index is 1.61. The SMILES string of the molecule is O=C(NCc1ccc(O)cc1)N1CCC[C@H]1c1ccsc1. The molecule has 0 bridgehead atoms. The molecule has 1 aromatic carbocycles. The molecule has 0 spiro atoms. The Morgan fingerprint density at radius 1 is 1.33 bits per heavy atom. The summed E-state index contributed by atoms with van der Waals surface area (Å²) in [7, 11) is 0. The molecule has 2 N–H and O–H groups in total. The Kier molecular flexibility index (Phi) is 4.10. The lowest BCUT2D eigenvalue weighted by atomic mass is 10.1. The molecule has 3 rings (SSSR count). The molecule has 1 atom stereocenters. The molecular weight excluding hydrogens is 284 g/mol. The van der Waals surface area contributed by atoms with Gasteiger partial charge in [-0.25, -0.2) is 4.79 Å². The monoisotopic (exact) mass is 302 g/mol. The standard InChI is InChI=1S/C16H18N2O2S/c19-14-5-3-12(4-6-14)10-17-16(20)18-8-1-2-15(18)13-7-9-21-11-13/h3-7,9,11,15,19H,1-2,8,10H2,(H,17,20)/t15-/m0/s1. The van der Waals surface area contributed by atoms with Crippen molar-refractivity contribution in [3.63, 3.8) is 0 Å². The van der Waals surface area contributed by atoms with Gasteiger partial charge in [-0.15, -0.1) is 0 Å². The fourth-order valence-electron chi connectivity index (χ4n) is 2.71. The summed E-state index contributed by atoms with van der Waals surface area (Å²) < 4.78 is 0. The molecule has 0 saturated carbocycles. The van der Waals surface area contributed by atoms with Crippen LogP contribution in [0.15, 0.2) is 41.1 Å². The van der Waals surface area contributed by atoms with Gasteiger partial charge in [-0.2, -0.15) is 11.3 Å². The fourth-order valence-corrected chi connectivity index (χ4v) is 3.42. The Hall–Kier alpha value is -2.01. The van der Waals surface area contributed by atoms with Gasteiger partial charge in [0.05, 0.1) is 6.04 Å². The number of phenolic OH excluding ortho intramolecular Hbond substituents is 1. The van der Waals surface area contributed by atoms with Crippen LogP contribution in [-0.2, 0) is 6.54 Å². The molecule has 1 saturated heterocycles. The van der Waals surface area contributed by atoms with Gasteiger partial charge in [0.1, 0.15) is 5.75 Å². The molecule has 0 unspecified atom stereocenters. The second-order valence-electron chi connectivity index (χ2n) is 5.23. The van der Waals surface area contributed by atoms with E-state index in [1.807, 2.05) is 17.0 Å². The third-order valence-corrected chi connectivity index (χ3v) is 4.52. The lowest BCUT2D eigenvalue weighted by Gasteiger charge is -2.24. The number of hydrogen-bond acceptors (Lipinski definition) is 3. The summed E-state index contributed by atoms with van der Waals surface area (Å²) in [5.41, 5.74) is 2.21. The average Bonchev–Trinajstić information content (AvgIpc) is 3.16. The van der Waals surface area contributed by atoms with Gasteiger partial charge >= 0.3 is 6.03 Å². The highest BCUT2D eigenvalue weighted by atomic mass is 32.1. The van der Waals surface area contributed by atoms with E-state index in [1.54, 1.807) is 23.5 Å². The normalized spacial score (nSPS) is 17.9. The van der Waals surface area contributed by atoms with Crippen molar-refractivity contribution < 1.29 is 9.90 Å². The molecule has 1 aliphatic rings. The van der Waals surface area contributed by atoms with E-state index in [1.165, 1.54) is 5.56 Å². The number of benzene rings is 1. The first-order chi connectivity index (χ1) is 10.2. The lowest BCUT2D eigenvalue weighted by Crippen LogP contribution is -2.39. The van der Waals surface area contributed by atoms with Crippen molar-refractivity contribution in [2.75, 3.05) is 6.54 Å². The summed E-state index contributed by atoms with van der Waals surface area (Å²) >= 11 is 1.67. The van der Waals surface area contributed by atoms with Gasteiger partial charge in [-0.3, -0.25) is 0 Å². The number of nitrogens with zero attached hydrogens (tertiary/aromatic N) is 1. The molecule has 110 valence electrons. The second-order valence-corrected chi connectivity index (χ2v) is 6.01. The second kappa shape index (κ2) is 6.18. The van der Waals surface area contributed by atoms with Crippen molar-refractivity contribution in [1.82, 2.24) is 10.2 Å². The van der Waals surface area contributed by atoms with Gasteiger partial charge in [-0.1, -0.05) is 12.1 Å². The maximum absolute atomic E-state index is 12.4. The van der Waals surface area contributed by atoms with Gasteiger partial charge in [0, 0.05) is 13.1 Å². The molecule has 4 nitrogen and oxygen atoms in total. The van der Waals surface area contributed by atoms with Crippen LogP contribution in [0.25, 0.3) is 0 Å². The molecule has 2 heterocycles. The summed E-state index contributed by atoms with van der Waals surface area (Å²) in [5, 5.41) is 16.4. The summed E-state index contributed by atoms with van der Waals surface area (Å²) in [6, 6.07) is 9.18. The van der Waals surface area contributed by atoms with E-state index in [9.17, 15) is 9.90 Å². The number of amides is 2. The first kappa shape index (κ1) is 13.9. The molecule has 0 radical (unpaired) electrons. The predicted molar refractivity (Wildman–Crippen MR) is 83.3 cm³/mol. The quantitative estimate of drug-likeness (QED) is 0.911. The van der Waals surface area contributed by atoms with E-state index in [2.05, 4.69) is 22.1 Å². The number of aromatic hydroxyl groups is 1. The maximum atomic E-state index is 12.4. The van der Waals surface area contributed by atoms with Crippen molar-refractivity contribution in [3.05, 3.63) is 52.2 Å². The molecule has 0 aliphatic carbocycles. The molecule has 2 aromatic rings. The highest BCUT2D eigenvalue weighted by molar-refractivity contribution is 7.07. The van der Waals surface area contributed by atoms with E-state index in [4.69, 9.17) is 0 Å². The van der Waals surface area contributed by atoms with Crippen LogP contribution in [0.2, 0.25) is 0 Å². The van der Waals surface area contributed by atoms with Crippen molar-refractivity contribution in [1.29, 1.82) is 0 Å².